The standard InChI is InChI=1S/C18H21ClN2O3S/c1-12-5-7-16(10-13(12)2)25(23,24)21(4)11-18(22)20-17-8-6-15(19)9-14(17)3/h5-10H,11H2,1-4H3,(H,20,22). The molecule has 7 heteroatoms. The highest BCUT2D eigenvalue weighted by atomic mass is 35.5. The van der Waals surface area contributed by atoms with E-state index in [-0.39, 0.29) is 11.4 Å². The SMILES string of the molecule is Cc1ccc(S(=O)(=O)N(C)CC(=O)Nc2ccc(Cl)cc2C)cc1C. The number of rotatable bonds is 5. The highest BCUT2D eigenvalue weighted by Gasteiger charge is 2.23. The number of nitrogens with zero attached hydrogens (tertiary/aromatic N) is 1. The number of nitrogens with one attached hydrogen (secondary N) is 1. The molecule has 0 aliphatic carbocycles. The molecule has 0 aliphatic heterocycles. The van der Waals surface area contributed by atoms with Gasteiger partial charge in [-0.3, -0.25) is 4.79 Å². The Kier molecular flexibility index (Phi) is 5.87. The normalized spacial score (nSPS) is 11.6. The van der Waals surface area contributed by atoms with Gasteiger partial charge in [0.2, 0.25) is 15.9 Å². The van der Waals surface area contributed by atoms with Gasteiger partial charge < -0.3 is 5.32 Å². The lowest BCUT2D eigenvalue weighted by Crippen LogP contribution is -2.35. The van der Waals surface area contributed by atoms with Crippen molar-refractivity contribution in [2.24, 2.45) is 0 Å². The van der Waals surface area contributed by atoms with Crippen LogP contribution in [0.5, 0.6) is 0 Å². The quantitative estimate of drug-likeness (QED) is 0.862. The molecule has 0 aromatic heterocycles. The first kappa shape index (κ1) is 19.4. The largest absolute Gasteiger partial charge is 0.325 e. The van der Waals surface area contributed by atoms with Gasteiger partial charge in [-0.15, -0.1) is 0 Å². The maximum absolute atomic E-state index is 12.6. The van der Waals surface area contributed by atoms with E-state index in [2.05, 4.69) is 5.32 Å². The minimum absolute atomic E-state index is 0.175. The average Bonchev–Trinajstić information content (AvgIpc) is 2.52. The van der Waals surface area contributed by atoms with Gasteiger partial charge in [-0.25, -0.2) is 8.42 Å². The molecule has 0 spiro atoms. The fraction of sp³-hybridized carbons (Fsp3) is 0.278. The second-order valence-electron chi connectivity index (χ2n) is 6.01. The summed E-state index contributed by atoms with van der Waals surface area (Å²) in [4.78, 5) is 12.4. The minimum atomic E-state index is -3.73. The van der Waals surface area contributed by atoms with E-state index in [1.165, 1.54) is 7.05 Å². The number of carbonyl (C=O) groups excluding carboxylic acids is 1. The number of aryl methyl sites for hydroxylation is 3. The van der Waals surface area contributed by atoms with Crippen LogP contribution in [0.25, 0.3) is 0 Å². The van der Waals surface area contributed by atoms with E-state index in [1.54, 1.807) is 36.4 Å². The smallest absolute Gasteiger partial charge is 0.243 e. The minimum Gasteiger partial charge on any atom is -0.325 e. The molecule has 0 saturated carbocycles. The van der Waals surface area contributed by atoms with Gasteiger partial charge in [0.05, 0.1) is 11.4 Å². The number of hydrogen-bond donors (Lipinski definition) is 1. The van der Waals surface area contributed by atoms with E-state index in [4.69, 9.17) is 11.6 Å². The zero-order valence-electron chi connectivity index (χ0n) is 14.6. The fourth-order valence-corrected chi connectivity index (χ4v) is 3.74. The number of hydrogen-bond acceptors (Lipinski definition) is 3. The van der Waals surface area contributed by atoms with Gasteiger partial charge in [-0.05, 0) is 67.8 Å². The molecule has 5 nitrogen and oxygen atoms in total. The summed E-state index contributed by atoms with van der Waals surface area (Å²) in [5.74, 6) is -0.416. The number of halogens is 1. The van der Waals surface area contributed by atoms with Crippen molar-refractivity contribution in [3.63, 3.8) is 0 Å². The summed E-state index contributed by atoms with van der Waals surface area (Å²) >= 11 is 5.89. The van der Waals surface area contributed by atoms with Gasteiger partial charge in [0.25, 0.3) is 0 Å². The Morgan fingerprint density at radius 2 is 1.72 bits per heavy atom. The molecule has 1 amide bonds. The Morgan fingerprint density at radius 1 is 1.04 bits per heavy atom. The van der Waals surface area contributed by atoms with E-state index in [0.717, 1.165) is 21.0 Å². The van der Waals surface area contributed by atoms with Crippen molar-refractivity contribution in [2.75, 3.05) is 18.9 Å². The van der Waals surface area contributed by atoms with Crippen LogP contribution in [-0.2, 0) is 14.8 Å². The molecule has 134 valence electrons. The van der Waals surface area contributed by atoms with Crippen LogP contribution in [-0.4, -0.2) is 32.2 Å². The van der Waals surface area contributed by atoms with Crippen molar-refractivity contribution >= 4 is 33.2 Å². The van der Waals surface area contributed by atoms with Crippen LogP contribution in [0.2, 0.25) is 5.02 Å². The van der Waals surface area contributed by atoms with Gasteiger partial charge in [-0.2, -0.15) is 4.31 Å². The van der Waals surface area contributed by atoms with Crippen molar-refractivity contribution in [3.05, 3.63) is 58.1 Å². The lowest BCUT2D eigenvalue weighted by molar-refractivity contribution is -0.116. The Hall–Kier alpha value is -1.89. The van der Waals surface area contributed by atoms with E-state index in [0.29, 0.717) is 10.7 Å². The van der Waals surface area contributed by atoms with Gasteiger partial charge in [-0.1, -0.05) is 17.7 Å². The summed E-state index contributed by atoms with van der Waals surface area (Å²) in [5.41, 5.74) is 3.31. The first-order valence-electron chi connectivity index (χ1n) is 7.71. The third kappa shape index (κ3) is 4.60. The molecule has 2 aromatic carbocycles. The lowest BCUT2D eigenvalue weighted by Gasteiger charge is -2.18. The monoisotopic (exact) mass is 380 g/mol. The number of sulfonamides is 1. The zero-order chi connectivity index (χ0) is 18.8. The summed E-state index contributed by atoms with van der Waals surface area (Å²) in [6, 6.07) is 10.0. The summed E-state index contributed by atoms with van der Waals surface area (Å²) in [7, 11) is -2.34. The lowest BCUT2D eigenvalue weighted by atomic mass is 10.1. The molecular weight excluding hydrogens is 360 g/mol. The topological polar surface area (TPSA) is 66.5 Å². The second kappa shape index (κ2) is 7.56. The van der Waals surface area contributed by atoms with Gasteiger partial charge >= 0.3 is 0 Å². The maximum Gasteiger partial charge on any atom is 0.243 e. The predicted molar refractivity (Wildman–Crippen MR) is 101 cm³/mol. The van der Waals surface area contributed by atoms with Crippen molar-refractivity contribution in [2.45, 2.75) is 25.7 Å². The molecule has 2 aromatic rings. The second-order valence-corrected chi connectivity index (χ2v) is 8.50. The Balaban J connectivity index is 2.13. The third-order valence-corrected chi connectivity index (χ3v) is 6.05. The molecule has 0 heterocycles. The summed E-state index contributed by atoms with van der Waals surface area (Å²) < 4.78 is 26.3. The molecule has 2 rings (SSSR count). The summed E-state index contributed by atoms with van der Waals surface area (Å²) in [6.07, 6.45) is 0. The molecule has 0 radical (unpaired) electrons. The van der Waals surface area contributed by atoms with Crippen molar-refractivity contribution < 1.29 is 13.2 Å². The van der Waals surface area contributed by atoms with Crippen LogP contribution in [0, 0.1) is 20.8 Å². The van der Waals surface area contributed by atoms with Crippen LogP contribution in [0.15, 0.2) is 41.3 Å². The maximum atomic E-state index is 12.6. The Morgan fingerprint density at radius 3 is 2.32 bits per heavy atom. The number of likely N-dealkylation sites (N-methyl/N-ethyl adjacent to an activating group) is 1. The average molecular weight is 381 g/mol. The van der Waals surface area contributed by atoms with Crippen LogP contribution in [0.3, 0.4) is 0 Å². The highest BCUT2D eigenvalue weighted by Crippen LogP contribution is 2.21. The molecule has 0 bridgehead atoms. The molecule has 0 unspecified atom stereocenters. The van der Waals surface area contributed by atoms with E-state index < -0.39 is 15.9 Å². The number of amides is 1. The molecule has 0 aliphatic rings. The van der Waals surface area contributed by atoms with Crippen molar-refractivity contribution in [1.82, 2.24) is 4.31 Å². The first-order chi connectivity index (χ1) is 11.6. The van der Waals surface area contributed by atoms with Crippen LogP contribution < -0.4 is 5.32 Å². The van der Waals surface area contributed by atoms with Crippen LogP contribution in [0.4, 0.5) is 5.69 Å². The summed E-state index contributed by atoms with van der Waals surface area (Å²) in [5, 5.41) is 3.28. The number of carbonyl (C=O) groups is 1. The predicted octanol–water partition coefficient (Wildman–Crippen LogP) is 3.52. The van der Waals surface area contributed by atoms with Gasteiger partial charge in [0.1, 0.15) is 0 Å². The molecule has 0 fully saturated rings. The van der Waals surface area contributed by atoms with Crippen molar-refractivity contribution in [3.8, 4) is 0 Å². The van der Waals surface area contributed by atoms with Gasteiger partial charge in [0.15, 0.2) is 0 Å². The molecular formula is C18H21ClN2O3S. The number of benzene rings is 2. The molecule has 0 atom stereocenters. The van der Waals surface area contributed by atoms with Gasteiger partial charge in [0, 0.05) is 17.8 Å². The van der Waals surface area contributed by atoms with Crippen LogP contribution in [0.1, 0.15) is 16.7 Å². The first-order valence-corrected chi connectivity index (χ1v) is 9.52. The number of anilines is 1. The van der Waals surface area contributed by atoms with E-state index >= 15 is 0 Å². The zero-order valence-corrected chi connectivity index (χ0v) is 16.2. The molecule has 0 saturated heterocycles. The fourth-order valence-electron chi connectivity index (χ4n) is 2.30. The third-order valence-electron chi connectivity index (χ3n) is 4.02. The van der Waals surface area contributed by atoms with E-state index in [1.807, 2.05) is 20.8 Å². The Labute approximate surface area is 153 Å². The van der Waals surface area contributed by atoms with Crippen LogP contribution >= 0.6 is 11.6 Å². The molecule has 1 N–H and O–H groups in total. The highest BCUT2D eigenvalue weighted by molar-refractivity contribution is 7.89. The van der Waals surface area contributed by atoms with Crippen molar-refractivity contribution in [1.29, 1.82) is 0 Å². The Bertz CT molecular complexity index is 911. The summed E-state index contributed by atoms with van der Waals surface area (Å²) in [6.45, 7) is 5.30. The molecule has 25 heavy (non-hydrogen) atoms. The van der Waals surface area contributed by atoms with E-state index in [9.17, 15) is 13.2 Å².